The summed E-state index contributed by atoms with van der Waals surface area (Å²) in [5, 5.41) is 11.2. The van der Waals surface area contributed by atoms with Crippen molar-refractivity contribution in [1.82, 2.24) is 25.0 Å². The Morgan fingerprint density at radius 1 is 1.02 bits per heavy atom. The van der Waals surface area contributed by atoms with E-state index >= 15 is 0 Å². The molecule has 1 saturated heterocycles. The number of pyridine rings is 1. The molecule has 1 aliphatic rings. The zero-order valence-electron chi connectivity index (χ0n) is 26.7. The van der Waals surface area contributed by atoms with Crippen LogP contribution < -0.4 is 15.4 Å². The third kappa shape index (κ3) is 7.19. The Morgan fingerprint density at radius 3 is 2.64 bits per heavy atom. The van der Waals surface area contributed by atoms with Crippen LogP contribution in [0.4, 0.5) is 11.6 Å². The van der Waals surface area contributed by atoms with Gasteiger partial charge in [-0.2, -0.15) is 0 Å². The SMILES string of the molecule is CCCc1nc2nc(NC3CCNCC3)ccc2n1Cc1ccc(-c2ccccc2SNc2noc(C)c2C)c(COCC)c1. The van der Waals surface area contributed by atoms with Crippen molar-refractivity contribution < 1.29 is 9.26 Å². The maximum absolute atomic E-state index is 5.98. The van der Waals surface area contributed by atoms with Crippen LogP contribution in [-0.2, 0) is 24.3 Å². The highest BCUT2D eigenvalue weighted by Gasteiger charge is 2.18. The van der Waals surface area contributed by atoms with Crippen LogP contribution in [0.15, 0.2) is 64.0 Å². The number of fused-ring (bicyclic) bond motifs is 1. The maximum atomic E-state index is 5.98. The monoisotopic (exact) mass is 625 g/mol. The normalized spacial score (nSPS) is 13.9. The van der Waals surface area contributed by atoms with E-state index in [1.165, 1.54) is 5.56 Å². The molecular formula is C35H43N7O2S. The molecule has 3 aromatic heterocycles. The molecule has 0 unspecified atom stereocenters. The lowest BCUT2D eigenvalue weighted by Gasteiger charge is -2.24. The number of rotatable bonds is 13. The van der Waals surface area contributed by atoms with Gasteiger partial charge in [-0.3, -0.25) is 0 Å². The highest BCUT2D eigenvalue weighted by atomic mass is 32.2. The minimum atomic E-state index is 0.450. The van der Waals surface area contributed by atoms with Gasteiger partial charge in [-0.15, -0.1) is 0 Å². The fraction of sp³-hybridized carbons (Fsp3) is 0.400. The smallest absolute Gasteiger partial charge is 0.182 e. The minimum Gasteiger partial charge on any atom is -0.377 e. The summed E-state index contributed by atoms with van der Waals surface area (Å²) in [6.45, 7) is 12.2. The lowest BCUT2D eigenvalue weighted by Crippen LogP contribution is -2.35. The summed E-state index contributed by atoms with van der Waals surface area (Å²) in [4.78, 5) is 11.1. The van der Waals surface area contributed by atoms with Crippen molar-refractivity contribution >= 4 is 34.7 Å². The summed E-state index contributed by atoms with van der Waals surface area (Å²) in [6, 6.07) is 19.9. The number of ether oxygens (including phenoxy) is 1. The van der Waals surface area contributed by atoms with Crippen LogP contribution in [0.2, 0.25) is 0 Å². The molecule has 0 atom stereocenters. The van der Waals surface area contributed by atoms with E-state index in [4.69, 9.17) is 19.2 Å². The summed E-state index contributed by atoms with van der Waals surface area (Å²) in [5.41, 5.74) is 7.55. The van der Waals surface area contributed by atoms with Crippen LogP contribution in [0.3, 0.4) is 0 Å². The molecule has 45 heavy (non-hydrogen) atoms. The third-order valence-electron chi connectivity index (χ3n) is 8.42. The predicted molar refractivity (Wildman–Crippen MR) is 183 cm³/mol. The van der Waals surface area contributed by atoms with Crippen molar-refractivity contribution in [3.63, 3.8) is 0 Å². The molecule has 9 nitrogen and oxygen atoms in total. The summed E-state index contributed by atoms with van der Waals surface area (Å²) < 4.78 is 17.0. The van der Waals surface area contributed by atoms with E-state index < -0.39 is 0 Å². The first-order chi connectivity index (χ1) is 22.0. The number of benzene rings is 2. The molecule has 10 heteroatoms. The van der Waals surface area contributed by atoms with Gasteiger partial charge in [0.1, 0.15) is 17.4 Å². The van der Waals surface area contributed by atoms with Crippen molar-refractivity contribution in [3.05, 3.63) is 82.9 Å². The van der Waals surface area contributed by atoms with Gasteiger partial charge in [0.25, 0.3) is 0 Å². The average molecular weight is 626 g/mol. The van der Waals surface area contributed by atoms with E-state index in [9.17, 15) is 0 Å². The molecule has 0 bridgehead atoms. The van der Waals surface area contributed by atoms with Crippen molar-refractivity contribution in [2.45, 2.75) is 77.5 Å². The first-order valence-electron chi connectivity index (χ1n) is 16.0. The minimum absolute atomic E-state index is 0.450. The number of imidazole rings is 1. The van der Waals surface area contributed by atoms with Gasteiger partial charge in [0.15, 0.2) is 11.5 Å². The number of hydrogen-bond acceptors (Lipinski definition) is 9. The van der Waals surface area contributed by atoms with Gasteiger partial charge in [0.2, 0.25) is 0 Å². The second-order valence-electron chi connectivity index (χ2n) is 11.6. The van der Waals surface area contributed by atoms with Gasteiger partial charge in [-0.1, -0.05) is 48.5 Å². The van der Waals surface area contributed by atoms with E-state index in [-0.39, 0.29) is 0 Å². The second kappa shape index (κ2) is 14.5. The molecule has 0 spiro atoms. The van der Waals surface area contributed by atoms with Crippen LogP contribution >= 0.6 is 11.9 Å². The van der Waals surface area contributed by atoms with Crippen molar-refractivity contribution in [3.8, 4) is 11.1 Å². The van der Waals surface area contributed by atoms with Crippen molar-refractivity contribution in [2.24, 2.45) is 0 Å². The standard InChI is InChI=1S/C35H43N7O2S/c1-5-9-33-39-35-30(14-15-32(38-35)37-27-16-18-36-19-17-27)42(33)21-25-12-13-28(26(20-25)22-43-6-2)29-10-7-8-11-31(29)45-41-34-23(3)24(4)44-40-34/h7-8,10-15,20,27,36H,5-6,9,16-19,21-22H2,1-4H3,(H,37,38)(H,40,41). The molecule has 2 aromatic carbocycles. The van der Waals surface area contributed by atoms with Gasteiger partial charge in [0.05, 0.1) is 12.1 Å². The fourth-order valence-electron chi connectivity index (χ4n) is 5.82. The molecule has 6 rings (SSSR count). The molecule has 0 saturated carbocycles. The number of aryl methyl sites for hydroxylation is 2. The predicted octanol–water partition coefficient (Wildman–Crippen LogP) is 7.52. The molecule has 236 valence electrons. The number of hydrogen-bond donors (Lipinski definition) is 3. The largest absolute Gasteiger partial charge is 0.377 e. The van der Waals surface area contributed by atoms with Gasteiger partial charge in [-0.25, -0.2) is 9.97 Å². The first-order valence-corrected chi connectivity index (χ1v) is 16.8. The van der Waals surface area contributed by atoms with E-state index in [0.29, 0.717) is 19.3 Å². The Hall–Kier alpha value is -3.86. The number of anilines is 2. The summed E-state index contributed by atoms with van der Waals surface area (Å²) in [7, 11) is 0. The quantitative estimate of drug-likeness (QED) is 0.115. The molecule has 0 aliphatic carbocycles. The Bertz CT molecular complexity index is 1740. The van der Waals surface area contributed by atoms with Gasteiger partial charge < -0.3 is 29.2 Å². The Balaban J connectivity index is 1.29. The highest BCUT2D eigenvalue weighted by Crippen LogP contribution is 2.35. The van der Waals surface area contributed by atoms with Crippen LogP contribution in [-0.4, -0.2) is 45.4 Å². The summed E-state index contributed by atoms with van der Waals surface area (Å²) in [6.07, 6.45) is 4.14. The van der Waals surface area contributed by atoms with Crippen LogP contribution in [0.1, 0.15) is 61.4 Å². The Kier molecular flexibility index (Phi) is 10.0. The van der Waals surface area contributed by atoms with Crippen molar-refractivity contribution in [1.29, 1.82) is 0 Å². The van der Waals surface area contributed by atoms with Gasteiger partial charge >= 0.3 is 0 Å². The zero-order chi connectivity index (χ0) is 31.2. The Morgan fingerprint density at radius 2 is 1.87 bits per heavy atom. The summed E-state index contributed by atoms with van der Waals surface area (Å²) in [5.74, 6) is 3.54. The highest BCUT2D eigenvalue weighted by molar-refractivity contribution is 8.00. The molecule has 0 amide bonds. The lowest BCUT2D eigenvalue weighted by molar-refractivity contribution is 0.134. The van der Waals surface area contributed by atoms with Crippen LogP contribution in [0.25, 0.3) is 22.3 Å². The Labute approximate surface area is 269 Å². The molecular weight excluding hydrogens is 582 g/mol. The lowest BCUT2D eigenvalue weighted by atomic mass is 9.97. The van der Waals surface area contributed by atoms with E-state index in [2.05, 4.69) is 86.6 Å². The first kappa shape index (κ1) is 31.1. The summed E-state index contributed by atoms with van der Waals surface area (Å²) >= 11 is 1.54. The molecule has 3 N–H and O–H groups in total. The second-order valence-corrected chi connectivity index (χ2v) is 12.5. The van der Waals surface area contributed by atoms with Gasteiger partial charge in [0, 0.05) is 36.1 Å². The van der Waals surface area contributed by atoms with E-state index in [1.807, 2.05) is 20.8 Å². The molecule has 1 fully saturated rings. The number of piperidine rings is 1. The average Bonchev–Trinajstić information content (AvgIpc) is 3.57. The van der Waals surface area contributed by atoms with E-state index in [1.54, 1.807) is 11.9 Å². The van der Waals surface area contributed by atoms with Crippen LogP contribution in [0, 0.1) is 13.8 Å². The van der Waals surface area contributed by atoms with E-state index in [0.717, 1.165) is 107 Å². The molecule has 1 aliphatic heterocycles. The maximum Gasteiger partial charge on any atom is 0.182 e. The molecule has 5 aromatic rings. The molecule has 4 heterocycles. The van der Waals surface area contributed by atoms with Crippen LogP contribution in [0.5, 0.6) is 0 Å². The van der Waals surface area contributed by atoms with Crippen molar-refractivity contribution in [2.75, 3.05) is 29.7 Å². The topological polar surface area (TPSA) is 102 Å². The fourth-order valence-corrected chi connectivity index (χ4v) is 6.65. The zero-order valence-corrected chi connectivity index (χ0v) is 27.5. The third-order valence-corrected chi connectivity index (χ3v) is 9.29. The number of nitrogens with zero attached hydrogens (tertiary/aromatic N) is 4. The number of aromatic nitrogens is 4. The van der Waals surface area contributed by atoms with Gasteiger partial charge in [-0.05, 0) is 106 Å². The molecule has 0 radical (unpaired) electrons. The number of nitrogens with one attached hydrogen (secondary N) is 3.